The minimum absolute atomic E-state index is 0.304. The summed E-state index contributed by atoms with van der Waals surface area (Å²) in [5, 5.41) is 0. The summed E-state index contributed by atoms with van der Waals surface area (Å²) in [4.78, 5) is -0.608. The number of hydrogen-bond donors (Lipinski definition) is 0. The van der Waals surface area contributed by atoms with Crippen LogP contribution in [0.1, 0.15) is 0 Å². The normalized spacial score (nSPS) is 11.0. The van der Waals surface area contributed by atoms with E-state index in [9.17, 15) is 17.6 Å². The third kappa shape index (κ3) is 2.22. The molecule has 0 amide bonds. The lowest BCUT2D eigenvalue weighted by atomic mass is 10.3. The van der Waals surface area contributed by atoms with Crippen LogP contribution in [0.4, 0.5) is 17.6 Å². The SMILES string of the molecule is C[S+](c1c(F)cccc1F)c1c(F)cccc1F. The zero-order valence-electron chi connectivity index (χ0n) is 9.38. The Labute approximate surface area is 105 Å². The first-order valence-electron chi connectivity index (χ1n) is 5.06. The maximum absolute atomic E-state index is 13.6. The van der Waals surface area contributed by atoms with Crippen LogP contribution in [0.5, 0.6) is 0 Å². The first kappa shape index (κ1) is 13.0. The Bertz CT molecular complexity index is 491. The van der Waals surface area contributed by atoms with Gasteiger partial charge in [0.1, 0.15) is 6.26 Å². The van der Waals surface area contributed by atoms with E-state index in [1.165, 1.54) is 18.4 Å². The van der Waals surface area contributed by atoms with E-state index in [0.717, 1.165) is 24.3 Å². The van der Waals surface area contributed by atoms with Gasteiger partial charge in [-0.3, -0.25) is 0 Å². The maximum Gasteiger partial charge on any atom is 0.231 e. The number of hydrogen-bond acceptors (Lipinski definition) is 0. The number of halogens is 4. The lowest BCUT2D eigenvalue weighted by molar-refractivity contribution is 0.529. The van der Waals surface area contributed by atoms with Gasteiger partial charge in [-0.2, -0.15) is 0 Å². The zero-order valence-corrected chi connectivity index (χ0v) is 10.2. The highest BCUT2D eigenvalue weighted by atomic mass is 32.2. The molecule has 2 aromatic rings. The van der Waals surface area contributed by atoms with Crippen LogP contribution < -0.4 is 0 Å². The van der Waals surface area contributed by atoms with Crippen molar-refractivity contribution in [3.63, 3.8) is 0 Å². The third-order valence-electron chi connectivity index (χ3n) is 2.45. The third-order valence-corrected chi connectivity index (χ3v) is 4.46. The van der Waals surface area contributed by atoms with Crippen LogP contribution in [0.2, 0.25) is 0 Å². The van der Waals surface area contributed by atoms with Crippen molar-refractivity contribution < 1.29 is 17.6 Å². The fraction of sp³-hybridized carbons (Fsp3) is 0.0769. The van der Waals surface area contributed by atoms with E-state index in [0.29, 0.717) is 0 Å². The Kier molecular flexibility index (Phi) is 3.61. The number of rotatable bonds is 2. The molecule has 0 nitrogen and oxygen atoms in total. The molecule has 94 valence electrons. The first-order valence-corrected chi connectivity index (χ1v) is 6.69. The molecule has 0 unspecified atom stereocenters. The smallest absolute Gasteiger partial charge is 0.201 e. The van der Waals surface area contributed by atoms with Gasteiger partial charge in [0.05, 0.1) is 10.9 Å². The van der Waals surface area contributed by atoms with Gasteiger partial charge < -0.3 is 0 Å². The second-order valence-corrected chi connectivity index (χ2v) is 5.45. The Hall–Kier alpha value is -1.49. The molecule has 0 heterocycles. The summed E-state index contributed by atoms with van der Waals surface area (Å²) in [6.07, 6.45) is 1.39. The van der Waals surface area contributed by atoms with Crippen molar-refractivity contribution in [3.8, 4) is 0 Å². The first-order chi connectivity index (χ1) is 8.52. The molecule has 0 radical (unpaired) electrons. The molecule has 0 atom stereocenters. The summed E-state index contributed by atoms with van der Waals surface area (Å²) in [6.45, 7) is 0. The van der Waals surface area contributed by atoms with Gasteiger partial charge in [-0.1, -0.05) is 12.1 Å². The molecular formula is C13H9F4S+. The lowest BCUT2D eigenvalue weighted by Crippen LogP contribution is -2.10. The molecule has 0 saturated heterocycles. The summed E-state index contributed by atoms with van der Waals surface area (Å²) >= 11 is 0. The van der Waals surface area contributed by atoms with Gasteiger partial charge in [-0.25, -0.2) is 17.6 Å². The highest BCUT2D eigenvalue weighted by Gasteiger charge is 2.33. The van der Waals surface area contributed by atoms with E-state index in [1.54, 1.807) is 0 Å². The monoisotopic (exact) mass is 273 g/mol. The summed E-state index contributed by atoms with van der Waals surface area (Å²) in [5.74, 6) is -3.21. The molecule has 0 aromatic heterocycles. The lowest BCUT2D eigenvalue weighted by Gasteiger charge is -2.06. The van der Waals surface area contributed by atoms with Crippen molar-refractivity contribution in [2.75, 3.05) is 6.26 Å². The van der Waals surface area contributed by atoms with Gasteiger partial charge in [-0.15, -0.1) is 0 Å². The van der Waals surface area contributed by atoms with Crippen molar-refractivity contribution in [1.29, 1.82) is 0 Å². The molecule has 5 heteroatoms. The Balaban J connectivity index is 2.58. The highest BCUT2D eigenvalue weighted by molar-refractivity contribution is 7.96. The fourth-order valence-corrected chi connectivity index (χ4v) is 3.30. The van der Waals surface area contributed by atoms with Crippen molar-refractivity contribution in [2.45, 2.75) is 9.79 Å². The van der Waals surface area contributed by atoms with Crippen molar-refractivity contribution >= 4 is 10.9 Å². The van der Waals surface area contributed by atoms with Crippen LogP contribution >= 0.6 is 0 Å². The van der Waals surface area contributed by atoms with E-state index in [4.69, 9.17) is 0 Å². The topological polar surface area (TPSA) is 0 Å². The van der Waals surface area contributed by atoms with Crippen molar-refractivity contribution in [3.05, 3.63) is 59.7 Å². The summed E-state index contributed by atoms with van der Waals surface area (Å²) in [7, 11) is -1.34. The molecule has 2 rings (SSSR count). The second kappa shape index (κ2) is 5.02. The van der Waals surface area contributed by atoms with E-state index in [-0.39, 0.29) is 9.79 Å². The molecule has 0 bridgehead atoms. The molecule has 0 aliphatic heterocycles. The van der Waals surface area contributed by atoms with Gasteiger partial charge in [-0.05, 0) is 24.3 Å². The van der Waals surface area contributed by atoms with Crippen LogP contribution in [0.15, 0.2) is 46.2 Å². The van der Waals surface area contributed by atoms with Gasteiger partial charge in [0.15, 0.2) is 23.3 Å². The van der Waals surface area contributed by atoms with Crippen LogP contribution in [0.25, 0.3) is 0 Å². The molecule has 0 saturated carbocycles. The molecule has 0 aliphatic rings. The minimum atomic E-state index is -1.34. The molecule has 0 fully saturated rings. The fourth-order valence-electron chi connectivity index (χ4n) is 1.65. The predicted octanol–water partition coefficient (Wildman–Crippen LogP) is 3.91. The largest absolute Gasteiger partial charge is 0.231 e. The van der Waals surface area contributed by atoms with Crippen molar-refractivity contribution in [1.82, 2.24) is 0 Å². The van der Waals surface area contributed by atoms with E-state index in [1.807, 2.05) is 0 Å². The maximum atomic E-state index is 13.6. The molecule has 0 N–H and O–H groups in total. The average molecular weight is 273 g/mol. The highest BCUT2D eigenvalue weighted by Crippen LogP contribution is 2.29. The molecule has 0 aliphatic carbocycles. The zero-order chi connectivity index (χ0) is 13.3. The standard InChI is InChI=1S/C13H9F4S/c1-18(12-8(14)4-2-5-9(12)15)13-10(16)6-3-7-11(13)17/h2-7H,1H3/q+1. The summed E-state index contributed by atoms with van der Waals surface area (Å²) in [5.41, 5.74) is 0. The summed E-state index contributed by atoms with van der Waals surface area (Å²) in [6, 6.07) is 6.70. The van der Waals surface area contributed by atoms with Crippen LogP contribution in [0, 0.1) is 23.3 Å². The van der Waals surface area contributed by atoms with Crippen LogP contribution in [-0.4, -0.2) is 6.26 Å². The molecule has 2 aromatic carbocycles. The van der Waals surface area contributed by atoms with Crippen molar-refractivity contribution in [2.24, 2.45) is 0 Å². The predicted molar refractivity (Wildman–Crippen MR) is 62.5 cm³/mol. The Morgan fingerprint density at radius 2 is 0.944 bits per heavy atom. The molecule has 18 heavy (non-hydrogen) atoms. The van der Waals surface area contributed by atoms with Gasteiger partial charge in [0.2, 0.25) is 9.79 Å². The van der Waals surface area contributed by atoms with E-state index in [2.05, 4.69) is 0 Å². The van der Waals surface area contributed by atoms with Gasteiger partial charge in [0.25, 0.3) is 0 Å². The molecule has 0 spiro atoms. The number of benzene rings is 2. The van der Waals surface area contributed by atoms with Crippen LogP contribution in [-0.2, 0) is 10.9 Å². The Morgan fingerprint density at radius 3 is 1.22 bits per heavy atom. The second-order valence-electron chi connectivity index (χ2n) is 3.61. The Morgan fingerprint density at radius 1 is 0.667 bits per heavy atom. The van der Waals surface area contributed by atoms with Crippen LogP contribution in [0.3, 0.4) is 0 Å². The molecular weight excluding hydrogens is 264 g/mol. The quantitative estimate of drug-likeness (QED) is 0.575. The minimum Gasteiger partial charge on any atom is -0.201 e. The van der Waals surface area contributed by atoms with Gasteiger partial charge >= 0.3 is 0 Å². The van der Waals surface area contributed by atoms with E-state index >= 15 is 0 Å². The van der Waals surface area contributed by atoms with E-state index < -0.39 is 34.2 Å². The average Bonchev–Trinajstić information content (AvgIpc) is 2.28. The van der Waals surface area contributed by atoms with Gasteiger partial charge in [0, 0.05) is 0 Å². The summed E-state index contributed by atoms with van der Waals surface area (Å²) < 4.78 is 54.3.